The van der Waals surface area contributed by atoms with Crippen molar-refractivity contribution in [2.24, 2.45) is 0 Å². The first-order valence-corrected chi connectivity index (χ1v) is 8.28. The van der Waals surface area contributed by atoms with Crippen LogP contribution in [0.1, 0.15) is 38.4 Å². The fourth-order valence-electron chi connectivity index (χ4n) is 2.33. The van der Waals surface area contributed by atoms with Gasteiger partial charge in [-0.25, -0.2) is 9.97 Å². The van der Waals surface area contributed by atoms with Crippen LogP contribution in [0.15, 0.2) is 6.07 Å². The van der Waals surface area contributed by atoms with E-state index < -0.39 is 0 Å². The molecule has 19 heavy (non-hydrogen) atoms. The maximum Gasteiger partial charge on any atom is 0.133 e. The zero-order valence-corrected chi connectivity index (χ0v) is 12.9. The van der Waals surface area contributed by atoms with E-state index in [1.165, 1.54) is 19.3 Å². The van der Waals surface area contributed by atoms with Crippen LogP contribution in [-0.4, -0.2) is 34.6 Å². The fourth-order valence-corrected chi connectivity index (χ4v) is 3.24. The summed E-state index contributed by atoms with van der Waals surface area (Å²) in [6.45, 7) is 3.15. The molecule has 0 amide bonds. The Hall–Kier alpha value is -0.970. The number of aryl methyl sites for hydroxylation is 1. The van der Waals surface area contributed by atoms with Gasteiger partial charge in [-0.05, 0) is 25.5 Å². The van der Waals surface area contributed by atoms with Crippen molar-refractivity contribution in [1.82, 2.24) is 9.97 Å². The van der Waals surface area contributed by atoms with Gasteiger partial charge in [-0.3, -0.25) is 0 Å². The molecule has 2 N–H and O–H groups in total. The second-order valence-electron chi connectivity index (χ2n) is 5.15. The molecule has 0 radical (unpaired) electrons. The van der Waals surface area contributed by atoms with Crippen LogP contribution in [0.5, 0.6) is 0 Å². The van der Waals surface area contributed by atoms with E-state index in [9.17, 15) is 0 Å². The van der Waals surface area contributed by atoms with Crippen molar-refractivity contribution in [3.63, 3.8) is 0 Å². The van der Waals surface area contributed by atoms with E-state index in [1.54, 1.807) is 0 Å². The lowest BCUT2D eigenvalue weighted by Gasteiger charge is -2.40. The molecule has 1 fully saturated rings. The fraction of sp³-hybridized carbons (Fsp3) is 0.714. The molecular formula is C14H24N4S. The smallest absolute Gasteiger partial charge is 0.133 e. The Morgan fingerprint density at radius 3 is 2.58 bits per heavy atom. The van der Waals surface area contributed by atoms with Gasteiger partial charge in [0.05, 0.1) is 0 Å². The summed E-state index contributed by atoms with van der Waals surface area (Å²) in [5.74, 6) is 2.76. The highest BCUT2D eigenvalue weighted by molar-refractivity contribution is 8.00. The van der Waals surface area contributed by atoms with E-state index in [1.807, 2.05) is 24.9 Å². The molecule has 2 rings (SSSR count). The molecule has 0 unspecified atom stereocenters. The molecule has 0 bridgehead atoms. The predicted molar refractivity (Wildman–Crippen MR) is 84.2 cm³/mol. The van der Waals surface area contributed by atoms with Crippen molar-refractivity contribution in [2.75, 3.05) is 30.5 Å². The van der Waals surface area contributed by atoms with Gasteiger partial charge in [0.15, 0.2) is 0 Å². The van der Waals surface area contributed by atoms with Gasteiger partial charge in [0.1, 0.15) is 17.5 Å². The van der Waals surface area contributed by atoms with Crippen LogP contribution in [0.3, 0.4) is 0 Å². The van der Waals surface area contributed by atoms with Gasteiger partial charge in [-0.1, -0.05) is 13.3 Å². The molecule has 0 atom stereocenters. The Balaban J connectivity index is 2.04. The summed E-state index contributed by atoms with van der Waals surface area (Å²) >= 11 is 1.98. The second-order valence-corrected chi connectivity index (χ2v) is 6.42. The standard InChI is InChI=1S/C14H24N4S/c1-4-6-11-17-12(15-2)9-13(18-11)16-10-14(19-3)7-5-8-14/h9H,4-8,10H2,1-3H3,(H2,15,16,17,18). The number of thioether (sulfide) groups is 1. The molecule has 1 aliphatic rings. The number of hydrogen-bond donors (Lipinski definition) is 2. The van der Waals surface area contributed by atoms with E-state index in [2.05, 4.69) is 33.8 Å². The van der Waals surface area contributed by atoms with Gasteiger partial charge < -0.3 is 10.6 Å². The van der Waals surface area contributed by atoms with Crippen molar-refractivity contribution in [3.05, 3.63) is 11.9 Å². The summed E-state index contributed by atoms with van der Waals surface area (Å²) < 4.78 is 0.426. The molecule has 1 saturated carbocycles. The van der Waals surface area contributed by atoms with Gasteiger partial charge >= 0.3 is 0 Å². The maximum atomic E-state index is 4.60. The lowest BCUT2D eigenvalue weighted by molar-refractivity contribution is 0.379. The maximum absolute atomic E-state index is 4.60. The molecule has 1 heterocycles. The molecular weight excluding hydrogens is 256 g/mol. The number of nitrogens with zero attached hydrogens (tertiary/aromatic N) is 2. The monoisotopic (exact) mass is 280 g/mol. The van der Waals surface area contributed by atoms with Crippen LogP contribution >= 0.6 is 11.8 Å². The lowest BCUT2D eigenvalue weighted by Crippen LogP contribution is -2.40. The first kappa shape index (κ1) is 14.4. The van der Waals surface area contributed by atoms with E-state index in [0.29, 0.717) is 4.75 Å². The Morgan fingerprint density at radius 1 is 1.32 bits per heavy atom. The highest BCUT2D eigenvalue weighted by Crippen LogP contribution is 2.42. The Kier molecular flexibility index (Phi) is 4.91. The lowest BCUT2D eigenvalue weighted by atomic mass is 9.84. The zero-order valence-electron chi connectivity index (χ0n) is 12.1. The highest BCUT2D eigenvalue weighted by atomic mass is 32.2. The first-order chi connectivity index (χ1) is 9.21. The van der Waals surface area contributed by atoms with E-state index in [4.69, 9.17) is 0 Å². The van der Waals surface area contributed by atoms with Crippen LogP contribution in [0.25, 0.3) is 0 Å². The first-order valence-electron chi connectivity index (χ1n) is 7.06. The summed E-state index contributed by atoms with van der Waals surface area (Å²) in [6.07, 6.45) is 8.19. The molecule has 0 aliphatic heterocycles. The van der Waals surface area contributed by atoms with Gasteiger partial charge in [0.2, 0.25) is 0 Å². The summed E-state index contributed by atoms with van der Waals surface area (Å²) in [5.41, 5.74) is 0. The number of aromatic nitrogens is 2. The SMILES string of the molecule is CCCc1nc(NC)cc(NCC2(SC)CCC2)n1. The number of rotatable bonds is 7. The largest absolute Gasteiger partial charge is 0.373 e. The molecule has 106 valence electrons. The topological polar surface area (TPSA) is 49.8 Å². The summed E-state index contributed by atoms with van der Waals surface area (Å²) in [4.78, 5) is 9.07. The van der Waals surface area contributed by atoms with Crippen molar-refractivity contribution >= 4 is 23.4 Å². The minimum absolute atomic E-state index is 0.426. The summed E-state index contributed by atoms with van der Waals surface area (Å²) in [7, 11) is 1.90. The van der Waals surface area contributed by atoms with Crippen molar-refractivity contribution in [2.45, 2.75) is 43.8 Å². The second kappa shape index (κ2) is 6.46. The Bertz CT molecular complexity index is 412. The molecule has 1 aromatic heterocycles. The third kappa shape index (κ3) is 3.53. The molecule has 1 aliphatic carbocycles. The molecule has 5 heteroatoms. The average molecular weight is 280 g/mol. The van der Waals surface area contributed by atoms with Crippen LogP contribution in [0.2, 0.25) is 0 Å². The van der Waals surface area contributed by atoms with Crippen molar-refractivity contribution in [3.8, 4) is 0 Å². The van der Waals surface area contributed by atoms with Crippen LogP contribution < -0.4 is 10.6 Å². The van der Waals surface area contributed by atoms with Crippen LogP contribution in [0.4, 0.5) is 11.6 Å². The molecule has 0 saturated heterocycles. The third-order valence-corrected chi connectivity index (χ3v) is 5.21. The van der Waals surface area contributed by atoms with Crippen LogP contribution in [0, 0.1) is 0 Å². The molecule has 0 spiro atoms. The Morgan fingerprint density at radius 2 is 2.05 bits per heavy atom. The number of anilines is 2. The minimum atomic E-state index is 0.426. The van der Waals surface area contributed by atoms with Gasteiger partial charge in [-0.2, -0.15) is 11.8 Å². The quantitative estimate of drug-likeness (QED) is 0.803. The molecule has 4 nitrogen and oxygen atoms in total. The van der Waals surface area contributed by atoms with E-state index in [-0.39, 0.29) is 0 Å². The van der Waals surface area contributed by atoms with Gasteiger partial charge in [0, 0.05) is 30.8 Å². The van der Waals surface area contributed by atoms with Crippen LogP contribution in [-0.2, 0) is 6.42 Å². The summed E-state index contributed by atoms with van der Waals surface area (Å²) in [5, 5.41) is 6.61. The van der Waals surface area contributed by atoms with E-state index >= 15 is 0 Å². The predicted octanol–water partition coefficient (Wildman–Crippen LogP) is 3.17. The minimum Gasteiger partial charge on any atom is -0.373 e. The Labute approximate surface area is 120 Å². The molecule has 0 aromatic carbocycles. The van der Waals surface area contributed by atoms with Crippen molar-refractivity contribution in [1.29, 1.82) is 0 Å². The van der Waals surface area contributed by atoms with Gasteiger partial charge in [0.25, 0.3) is 0 Å². The number of hydrogen-bond acceptors (Lipinski definition) is 5. The normalized spacial score (nSPS) is 16.8. The number of nitrogens with one attached hydrogen (secondary N) is 2. The molecule has 1 aromatic rings. The van der Waals surface area contributed by atoms with Crippen molar-refractivity contribution < 1.29 is 0 Å². The average Bonchev–Trinajstić information content (AvgIpc) is 2.38. The zero-order chi connectivity index (χ0) is 13.7. The summed E-state index contributed by atoms with van der Waals surface area (Å²) in [6, 6.07) is 1.99. The third-order valence-electron chi connectivity index (χ3n) is 3.79. The van der Waals surface area contributed by atoms with Gasteiger partial charge in [-0.15, -0.1) is 0 Å². The van der Waals surface area contributed by atoms with E-state index in [0.717, 1.165) is 36.8 Å². The highest BCUT2D eigenvalue weighted by Gasteiger charge is 2.35.